The van der Waals surface area contributed by atoms with Gasteiger partial charge >= 0.3 is 12.2 Å². The number of benzene rings is 1. The first-order valence-electron chi connectivity index (χ1n) is 11.7. The number of hydrogen-bond donors (Lipinski definition) is 0. The van der Waals surface area contributed by atoms with Crippen molar-refractivity contribution >= 4 is 20.5 Å². The van der Waals surface area contributed by atoms with Crippen LogP contribution < -0.4 is 0 Å². The van der Waals surface area contributed by atoms with Gasteiger partial charge in [0, 0.05) is 19.6 Å². The Morgan fingerprint density at radius 3 is 2.18 bits per heavy atom. The van der Waals surface area contributed by atoms with Crippen LogP contribution in [-0.4, -0.2) is 67.7 Å². The summed E-state index contributed by atoms with van der Waals surface area (Å²) in [7, 11) is -2.09. The third-order valence-electron chi connectivity index (χ3n) is 6.34. The highest BCUT2D eigenvalue weighted by molar-refractivity contribution is 6.74. The Morgan fingerprint density at radius 2 is 1.64 bits per heavy atom. The van der Waals surface area contributed by atoms with E-state index in [1.807, 2.05) is 58.0 Å². The fourth-order valence-electron chi connectivity index (χ4n) is 3.46. The molecule has 2 rings (SSSR count). The second-order valence-electron chi connectivity index (χ2n) is 11.3. The van der Waals surface area contributed by atoms with Crippen molar-refractivity contribution in [2.45, 2.75) is 91.0 Å². The Labute approximate surface area is 200 Å². The van der Waals surface area contributed by atoms with Crippen molar-refractivity contribution in [3.63, 3.8) is 0 Å². The van der Waals surface area contributed by atoms with Crippen LogP contribution in [0.25, 0.3) is 0 Å². The lowest BCUT2D eigenvalue weighted by atomic mass is 10.1. The Hall–Kier alpha value is -2.06. The molecular formula is C25H42N2O5Si. The van der Waals surface area contributed by atoms with Crippen molar-refractivity contribution in [1.29, 1.82) is 0 Å². The Kier molecular flexibility index (Phi) is 8.62. The Bertz CT molecular complexity index is 801. The van der Waals surface area contributed by atoms with E-state index in [-0.39, 0.29) is 36.0 Å². The standard InChI is InChI=1S/C25H42N2O5Si/c1-19(32-33(8,9)25(5,6)7)21-17-26(15-16-27(21)23(29)31-24(2,3)4)22(28)30-18-20-13-11-10-12-14-20/h10-14,19,21H,15-18H2,1-9H3/t19-,21-/m1/s1. The van der Waals surface area contributed by atoms with E-state index in [2.05, 4.69) is 33.9 Å². The van der Waals surface area contributed by atoms with Crippen LogP contribution in [0.4, 0.5) is 9.59 Å². The van der Waals surface area contributed by atoms with E-state index in [1.165, 1.54) is 0 Å². The molecule has 0 bridgehead atoms. The van der Waals surface area contributed by atoms with Crippen LogP contribution in [-0.2, 0) is 20.5 Å². The van der Waals surface area contributed by atoms with E-state index in [9.17, 15) is 9.59 Å². The monoisotopic (exact) mass is 478 g/mol. The zero-order chi connectivity index (χ0) is 25.0. The second-order valence-corrected chi connectivity index (χ2v) is 16.1. The van der Waals surface area contributed by atoms with Gasteiger partial charge in [0.15, 0.2) is 8.32 Å². The summed E-state index contributed by atoms with van der Waals surface area (Å²) in [4.78, 5) is 29.2. The van der Waals surface area contributed by atoms with Gasteiger partial charge in [-0.3, -0.25) is 4.90 Å². The fourth-order valence-corrected chi connectivity index (χ4v) is 4.90. The molecule has 0 unspecified atom stereocenters. The molecule has 2 atom stereocenters. The van der Waals surface area contributed by atoms with Gasteiger partial charge in [0.25, 0.3) is 0 Å². The van der Waals surface area contributed by atoms with Crippen molar-refractivity contribution in [2.24, 2.45) is 0 Å². The number of ether oxygens (including phenoxy) is 2. The molecule has 0 aromatic heterocycles. The van der Waals surface area contributed by atoms with Crippen LogP contribution in [0.15, 0.2) is 30.3 Å². The van der Waals surface area contributed by atoms with Gasteiger partial charge in [-0.25, -0.2) is 9.59 Å². The second kappa shape index (κ2) is 10.5. The molecule has 1 aromatic rings. The van der Waals surface area contributed by atoms with Gasteiger partial charge in [0.1, 0.15) is 12.2 Å². The van der Waals surface area contributed by atoms with Gasteiger partial charge < -0.3 is 18.8 Å². The third-order valence-corrected chi connectivity index (χ3v) is 10.9. The summed E-state index contributed by atoms with van der Waals surface area (Å²) in [5.74, 6) is 0. The van der Waals surface area contributed by atoms with E-state index >= 15 is 0 Å². The molecule has 8 heteroatoms. The average Bonchev–Trinajstić information content (AvgIpc) is 2.70. The lowest BCUT2D eigenvalue weighted by Gasteiger charge is -2.46. The third kappa shape index (κ3) is 7.74. The predicted molar refractivity (Wildman–Crippen MR) is 133 cm³/mol. The van der Waals surface area contributed by atoms with Crippen molar-refractivity contribution in [1.82, 2.24) is 9.80 Å². The minimum Gasteiger partial charge on any atom is -0.445 e. The summed E-state index contributed by atoms with van der Waals surface area (Å²) in [6.45, 7) is 19.8. The summed E-state index contributed by atoms with van der Waals surface area (Å²) in [6.07, 6.45) is -1.02. The molecule has 0 radical (unpaired) electrons. The maximum Gasteiger partial charge on any atom is 0.410 e. The predicted octanol–water partition coefficient (Wildman–Crippen LogP) is 5.65. The summed E-state index contributed by atoms with van der Waals surface area (Å²) in [5, 5.41) is 0.0287. The van der Waals surface area contributed by atoms with Gasteiger partial charge in [-0.05, 0) is 51.4 Å². The number of carbonyl (C=O) groups excluding carboxylic acids is 2. The van der Waals surface area contributed by atoms with Crippen molar-refractivity contribution in [2.75, 3.05) is 19.6 Å². The molecule has 0 aliphatic carbocycles. The number of hydrogen-bond acceptors (Lipinski definition) is 5. The van der Waals surface area contributed by atoms with Crippen LogP contribution >= 0.6 is 0 Å². The molecule has 1 aliphatic rings. The largest absolute Gasteiger partial charge is 0.445 e. The van der Waals surface area contributed by atoms with Gasteiger partial charge in [-0.1, -0.05) is 51.1 Å². The molecule has 0 saturated carbocycles. The van der Waals surface area contributed by atoms with Crippen molar-refractivity contribution in [3.8, 4) is 0 Å². The minimum absolute atomic E-state index is 0.0287. The quantitative estimate of drug-likeness (QED) is 0.511. The van der Waals surface area contributed by atoms with Crippen LogP contribution in [0, 0.1) is 0 Å². The highest BCUT2D eigenvalue weighted by Crippen LogP contribution is 2.38. The van der Waals surface area contributed by atoms with E-state index in [1.54, 1.807) is 9.80 Å². The number of piperazine rings is 1. The number of carbonyl (C=O) groups is 2. The highest BCUT2D eigenvalue weighted by atomic mass is 28.4. The molecule has 7 nitrogen and oxygen atoms in total. The molecule has 2 amide bonds. The lowest BCUT2D eigenvalue weighted by Crippen LogP contribution is -2.62. The van der Waals surface area contributed by atoms with Crippen LogP contribution in [0.5, 0.6) is 0 Å². The van der Waals surface area contributed by atoms with Gasteiger partial charge in [0.05, 0.1) is 12.1 Å². The topological polar surface area (TPSA) is 68.3 Å². The van der Waals surface area contributed by atoms with Gasteiger partial charge in [-0.15, -0.1) is 0 Å². The number of rotatable bonds is 5. The van der Waals surface area contributed by atoms with Gasteiger partial charge in [-0.2, -0.15) is 0 Å². The molecule has 0 N–H and O–H groups in total. The average molecular weight is 479 g/mol. The van der Waals surface area contributed by atoms with Gasteiger partial charge in [0.2, 0.25) is 0 Å². The number of nitrogens with zero attached hydrogens (tertiary/aromatic N) is 2. The molecule has 186 valence electrons. The number of amides is 2. The molecule has 1 heterocycles. The normalized spacial score (nSPS) is 18.6. The maximum atomic E-state index is 13.0. The van der Waals surface area contributed by atoms with Crippen molar-refractivity contribution < 1.29 is 23.5 Å². The van der Waals surface area contributed by atoms with E-state index in [0.29, 0.717) is 19.6 Å². The Morgan fingerprint density at radius 1 is 1.03 bits per heavy atom. The molecule has 0 spiro atoms. The fraction of sp³-hybridized carbons (Fsp3) is 0.680. The zero-order valence-corrected chi connectivity index (χ0v) is 22.8. The first-order chi connectivity index (χ1) is 15.1. The molecule has 1 aliphatic heterocycles. The highest BCUT2D eigenvalue weighted by Gasteiger charge is 2.44. The van der Waals surface area contributed by atoms with E-state index in [4.69, 9.17) is 13.9 Å². The van der Waals surface area contributed by atoms with Crippen LogP contribution in [0.1, 0.15) is 54.0 Å². The Balaban J connectivity index is 2.16. The SMILES string of the molecule is C[C@@H](O[Si](C)(C)C(C)(C)C)[C@H]1CN(C(=O)OCc2ccccc2)CCN1C(=O)OC(C)(C)C. The molecule has 33 heavy (non-hydrogen) atoms. The minimum atomic E-state index is -2.09. The summed E-state index contributed by atoms with van der Waals surface area (Å²) in [5.41, 5.74) is 0.334. The van der Waals surface area contributed by atoms with Crippen LogP contribution in [0.2, 0.25) is 18.1 Å². The van der Waals surface area contributed by atoms with E-state index in [0.717, 1.165) is 5.56 Å². The summed E-state index contributed by atoms with van der Waals surface area (Å²) >= 11 is 0. The smallest absolute Gasteiger partial charge is 0.410 e. The molecular weight excluding hydrogens is 436 g/mol. The summed E-state index contributed by atoms with van der Waals surface area (Å²) in [6, 6.07) is 9.27. The summed E-state index contributed by atoms with van der Waals surface area (Å²) < 4.78 is 17.8. The van der Waals surface area contributed by atoms with Crippen LogP contribution in [0.3, 0.4) is 0 Å². The van der Waals surface area contributed by atoms with E-state index < -0.39 is 13.9 Å². The maximum absolute atomic E-state index is 13.0. The zero-order valence-electron chi connectivity index (χ0n) is 21.8. The first-order valence-corrected chi connectivity index (χ1v) is 14.6. The van der Waals surface area contributed by atoms with Crippen molar-refractivity contribution in [3.05, 3.63) is 35.9 Å². The molecule has 1 aromatic carbocycles. The lowest BCUT2D eigenvalue weighted by molar-refractivity contribution is -0.0257. The molecule has 1 saturated heterocycles. The first kappa shape index (κ1) is 27.2. The molecule has 1 fully saturated rings.